The van der Waals surface area contributed by atoms with Crippen molar-refractivity contribution in [3.05, 3.63) is 40.8 Å². The fourth-order valence-electron chi connectivity index (χ4n) is 4.25. The second-order valence-corrected chi connectivity index (χ2v) is 15.8. The van der Waals surface area contributed by atoms with Crippen molar-refractivity contribution in [3.63, 3.8) is 0 Å². The molecule has 3 atom stereocenters. The van der Waals surface area contributed by atoms with E-state index in [2.05, 4.69) is 16.0 Å². The molecule has 0 bridgehead atoms. The number of hydrogen-bond donors (Lipinski definition) is 3. The van der Waals surface area contributed by atoms with Gasteiger partial charge in [-0.15, -0.1) is 0 Å². The number of amides is 3. The Morgan fingerprint density at radius 2 is 2.03 bits per heavy atom. The number of hydrogen-bond acceptors (Lipinski definition) is 8. The minimum absolute atomic E-state index is 0.0641. The Morgan fingerprint density at radius 1 is 1.21 bits per heavy atom. The number of unbranched alkanes of at least 4 members (excludes halogenated alkanes) is 1. The second kappa shape index (κ2) is 13.3. The van der Waals surface area contributed by atoms with E-state index in [0.29, 0.717) is 34.9 Å². The maximum atomic E-state index is 12.7. The van der Waals surface area contributed by atoms with Crippen LogP contribution in [0.5, 0.6) is 5.75 Å². The van der Waals surface area contributed by atoms with E-state index in [0.717, 1.165) is 36.2 Å². The van der Waals surface area contributed by atoms with Gasteiger partial charge >= 0.3 is 226 Å². The van der Waals surface area contributed by atoms with Gasteiger partial charge in [-0.3, -0.25) is 0 Å². The van der Waals surface area contributed by atoms with Crippen molar-refractivity contribution in [2.45, 2.75) is 62.2 Å². The number of carbonyl (C=O) groups is 3. The molecular formula is C26H33N3O6S2Se. The summed E-state index contributed by atoms with van der Waals surface area (Å²) < 4.78 is 10.7. The minimum atomic E-state index is -0.655. The molecule has 2 aliphatic heterocycles. The van der Waals surface area contributed by atoms with Gasteiger partial charge in [0.15, 0.2) is 0 Å². The van der Waals surface area contributed by atoms with Crippen LogP contribution in [-0.4, -0.2) is 67.1 Å². The molecule has 2 aliphatic rings. The molecule has 0 spiro atoms. The summed E-state index contributed by atoms with van der Waals surface area (Å²) in [6, 6.07) is 8.41. The van der Waals surface area contributed by atoms with E-state index in [1.807, 2.05) is 25.6 Å². The van der Waals surface area contributed by atoms with Gasteiger partial charge in [-0.05, 0) is 0 Å². The van der Waals surface area contributed by atoms with Crippen LogP contribution in [0.4, 0.5) is 4.79 Å². The molecule has 38 heavy (non-hydrogen) atoms. The molecule has 2 fully saturated rings. The zero-order chi connectivity index (χ0) is 27.1. The molecule has 0 saturated carbocycles. The van der Waals surface area contributed by atoms with Crippen molar-refractivity contribution < 1.29 is 23.5 Å². The molecular weight excluding hydrogens is 593 g/mol. The number of ether oxygens (including phenoxy) is 1. The number of esters is 1. The van der Waals surface area contributed by atoms with Crippen LogP contribution in [-0.2, 0) is 9.59 Å². The third-order valence-corrected chi connectivity index (χ3v) is 13.0. The van der Waals surface area contributed by atoms with Gasteiger partial charge in [0.05, 0.1) is 0 Å². The molecule has 0 radical (unpaired) electrons. The summed E-state index contributed by atoms with van der Waals surface area (Å²) in [6.45, 7) is 4.34. The van der Waals surface area contributed by atoms with Crippen LogP contribution >= 0.6 is 21.9 Å². The zero-order valence-corrected chi connectivity index (χ0v) is 24.8. The molecule has 206 valence electrons. The van der Waals surface area contributed by atoms with Crippen LogP contribution in [0.2, 0.25) is 5.32 Å². The first-order chi connectivity index (χ1) is 18.2. The zero-order valence-electron chi connectivity index (χ0n) is 21.4. The summed E-state index contributed by atoms with van der Waals surface area (Å²) in [4.78, 5) is 47.8. The summed E-state index contributed by atoms with van der Waals surface area (Å²) in [5, 5.41) is 10.8. The number of rotatable bonds is 13. The summed E-state index contributed by atoms with van der Waals surface area (Å²) in [6.07, 6.45) is 3.34. The molecule has 1 aromatic carbocycles. The molecule has 2 aromatic rings. The average molecular weight is 627 g/mol. The van der Waals surface area contributed by atoms with Gasteiger partial charge < -0.3 is 5.32 Å². The van der Waals surface area contributed by atoms with E-state index in [4.69, 9.17) is 9.15 Å². The molecule has 9 nitrogen and oxygen atoms in total. The van der Waals surface area contributed by atoms with E-state index in [-0.39, 0.29) is 43.8 Å². The molecule has 3 N–H and O–H groups in total. The topological polar surface area (TPSA) is 127 Å². The average Bonchev–Trinajstić information content (AvgIpc) is 3.42. The van der Waals surface area contributed by atoms with E-state index in [1.54, 1.807) is 34.4 Å². The molecule has 3 amide bonds. The van der Waals surface area contributed by atoms with E-state index >= 15 is 0 Å². The monoisotopic (exact) mass is 627 g/mol. The Balaban J connectivity index is 1.06. The van der Waals surface area contributed by atoms with E-state index in [1.165, 1.54) is 6.07 Å². The number of benzene rings is 1. The third kappa shape index (κ3) is 7.94. The Bertz CT molecular complexity index is 1220. The molecule has 4 rings (SSSR count). The van der Waals surface area contributed by atoms with E-state index < -0.39 is 11.0 Å². The predicted octanol–water partition coefficient (Wildman–Crippen LogP) is 3.34. The quantitative estimate of drug-likeness (QED) is 0.0772. The first-order valence-corrected chi connectivity index (χ1v) is 17.9. The molecule has 2 saturated heterocycles. The van der Waals surface area contributed by atoms with Crippen molar-refractivity contribution in [2.24, 2.45) is 5.41 Å². The number of carbonyl (C=O) groups excluding carboxylic acids is 3. The summed E-state index contributed by atoms with van der Waals surface area (Å²) in [5.74, 6) is 1.85. The van der Waals surface area contributed by atoms with Gasteiger partial charge in [0.25, 0.3) is 0 Å². The summed E-state index contributed by atoms with van der Waals surface area (Å²) in [5.41, 5.74) is -0.726. The van der Waals surface area contributed by atoms with E-state index in [9.17, 15) is 19.2 Å². The maximum absolute atomic E-state index is 12.7. The van der Waals surface area contributed by atoms with Crippen LogP contribution in [0.3, 0.4) is 0 Å². The SMILES string of the molecule is CC(C)(C[Se]SCCNC(=O)CCCC[C@H]1SC[C@H]2NC(=O)N[C@H]21)C(=O)Oc1ccc2ccc(=O)oc2c1. The molecule has 0 aliphatic carbocycles. The van der Waals surface area contributed by atoms with Crippen molar-refractivity contribution in [1.82, 2.24) is 16.0 Å². The van der Waals surface area contributed by atoms with Crippen LogP contribution < -0.4 is 26.3 Å². The van der Waals surface area contributed by atoms with Crippen molar-refractivity contribution >= 4 is 64.7 Å². The summed E-state index contributed by atoms with van der Waals surface area (Å²) >= 11 is 2.06. The van der Waals surface area contributed by atoms with Gasteiger partial charge in [-0.1, -0.05) is 0 Å². The molecule has 0 unspecified atom stereocenters. The van der Waals surface area contributed by atoms with Gasteiger partial charge in [0, 0.05) is 0 Å². The van der Waals surface area contributed by atoms with Crippen molar-refractivity contribution in [3.8, 4) is 5.75 Å². The second-order valence-electron chi connectivity index (χ2n) is 10.0. The molecule has 12 heteroatoms. The van der Waals surface area contributed by atoms with Crippen LogP contribution in [0.1, 0.15) is 39.5 Å². The third-order valence-electron chi connectivity index (χ3n) is 6.45. The van der Waals surface area contributed by atoms with Crippen molar-refractivity contribution in [2.75, 3.05) is 18.1 Å². The van der Waals surface area contributed by atoms with Gasteiger partial charge in [-0.2, -0.15) is 0 Å². The fourth-order valence-corrected chi connectivity index (χ4v) is 10.4. The van der Waals surface area contributed by atoms with Gasteiger partial charge in [-0.25, -0.2) is 4.79 Å². The number of thioether (sulfide) groups is 1. The Morgan fingerprint density at radius 3 is 2.87 bits per heavy atom. The van der Waals surface area contributed by atoms with Crippen LogP contribution in [0, 0.1) is 5.41 Å². The number of fused-ring (bicyclic) bond motifs is 2. The first kappa shape index (κ1) is 28.9. The Labute approximate surface area is 235 Å². The fraction of sp³-hybridized carbons (Fsp3) is 0.538. The van der Waals surface area contributed by atoms with Gasteiger partial charge in [0.2, 0.25) is 0 Å². The number of nitrogens with one attached hydrogen (secondary N) is 3. The molecule has 1 aromatic heterocycles. The Hall–Kier alpha value is -2.14. The van der Waals surface area contributed by atoms with Crippen molar-refractivity contribution in [1.29, 1.82) is 0 Å². The van der Waals surface area contributed by atoms with Gasteiger partial charge in [0.1, 0.15) is 0 Å². The van der Waals surface area contributed by atoms with Crippen LogP contribution in [0.25, 0.3) is 11.0 Å². The normalized spacial score (nSPS) is 20.6. The predicted molar refractivity (Wildman–Crippen MR) is 152 cm³/mol. The summed E-state index contributed by atoms with van der Waals surface area (Å²) in [7, 11) is 1.75. The first-order valence-electron chi connectivity index (χ1n) is 12.7. The molecule has 3 heterocycles. The Kier molecular flexibility index (Phi) is 10.1. The standard InChI is InChI=1S/C26H33N3O6S2Se/c1-26(2,24(32)34-17-9-7-16-8-10-22(31)35-19(16)13-17)15-38-37-12-11-27-21(30)6-4-3-5-20-23-18(14-36-20)28-25(33)29-23/h7-10,13,18,20,23H,3-6,11-12,14-15H2,1-2H3,(H,27,30)(H2,28,29,33)/t18-,20-,23-/m1/s1. The number of urea groups is 1. The van der Waals surface area contributed by atoms with Crippen LogP contribution in [0.15, 0.2) is 39.5 Å².